The topological polar surface area (TPSA) is 55.8 Å². The maximum atomic E-state index is 10.8. The van der Waals surface area contributed by atoms with Crippen LogP contribution in [-0.2, 0) is 13.6 Å². The predicted octanol–water partition coefficient (Wildman–Crippen LogP) is 1.94. The Labute approximate surface area is 67.1 Å². The molecule has 1 N–H and O–H groups in total. The summed E-state index contributed by atoms with van der Waals surface area (Å²) in [5.41, 5.74) is 0. The van der Waals surface area contributed by atoms with Crippen LogP contribution in [-0.4, -0.2) is 18.1 Å². The van der Waals surface area contributed by atoms with Crippen LogP contribution < -0.4 is 0 Å². The van der Waals surface area contributed by atoms with Crippen molar-refractivity contribution >= 4 is 7.82 Å². The zero-order valence-electron chi connectivity index (χ0n) is 7.11. The molecule has 0 radical (unpaired) electrons. The molecular weight excluding hydrogens is 167 g/mol. The summed E-state index contributed by atoms with van der Waals surface area (Å²) in [4.78, 5) is 8.83. The molecule has 0 aromatic heterocycles. The molecule has 0 amide bonds. The van der Waals surface area contributed by atoms with Gasteiger partial charge in [-0.05, 0) is 13.3 Å². The summed E-state index contributed by atoms with van der Waals surface area (Å²) in [5, 5.41) is 0. The molecule has 0 bridgehead atoms. The zero-order valence-corrected chi connectivity index (χ0v) is 8.01. The Bertz CT molecular complexity index is 148. The molecule has 0 spiro atoms. The van der Waals surface area contributed by atoms with Crippen molar-refractivity contribution in [3.05, 3.63) is 0 Å². The van der Waals surface area contributed by atoms with Crippen LogP contribution in [0, 0.1) is 0 Å². The number of hydrogen-bond acceptors (Lipinski definition) is 3. The lowest BCUT2D eigenvalue weighted by atomic mass is 10.2. The van der Waals surface area contributed by atoms with Crippen molar-refractivity contribution in [1.29, 1.82) is 0 Å². The average Bonchev–Trinajstić information content (AvgIpc) is 1.87. The fourth-order valence-electron chi connectivity index (χ4n) is 0.730. The highest BCUT2D eigenvalue weighted by Gasteiger charge is 2.21. The van der Waals surface area contributed by atoms with Crippen molar-refractivity contribution in [3.8, 4) is 0 Å². The fraction of sp³-hybridized carbons (Fsp3) is 1.00. The Morgan fingerprint density at radius 2 is 2.18 bits per heavy atom. The summed E-state index contributed by atoms with van der Waals surface area (Å²) in [6, 6.07) is 0. The van der Waals surface area contributed by atoms with Crippen LogP contribution in [0.5, 0.6) is 0 Å². The van der Waals surface area contributed by atoms with Crippen molar-refractivity contribution in [2.24, 2.45) is 0 Å². The molecule has 0 saturated carbocycles. The van der Waals surface area contributed by atoms with Crippen LogP contribution in [0.2, 0.25) is 0 Å². The van der Waals surface area contributed by atoms with Gasteiger partial charge >= 0.3 is 7.82 Å². The second kappa shape index (κ2) is 4.88. The summed E-state index contributed by atoms with van der Waals surface area (Å²) >= 11 is 0. The van der Waals surface area contributed by atoms with Gasteiger partial charge in [0.2, 0.25) is 0 Å². The Morgan fingerprint density at radius 3 is 2.55 bits per heavy atom. The van der Waals surface area contributed by atoms with Gasteiger partial charge in [-0.1, -0.05) is 13.3 Å². The average molecular weight is 182 g/mol. The van der Waals surface area contributed by atoms with E-state index in [1.54, 1.807) is 6.92 Å². The summed E-state index contributed by atoms with van der Waals surface area (Å²) in [6.07, 6.45) is 1.45. The van der Waals surface area contributed by atoms with Crippen LogP contribution in [0.1, 0.15) is 26.7 Å². The van der Waals surface area contributed by atoms with E-state index in [0.29, 0.717) is 0 Å². The molecule has 5 heteroatoms. The van der Waals surface area contributed by atoms with Gasteiger partial charge in [-0.3, -0.25) is 9.05 Å². The van der Waals surface area contributed by atoms with E-state index in [2.05, 4.69) is 4.52 Å². The lowest BCUT2D eigenvalue weighted by Gasteiger charge is -2.14. The van der Waals surface area contributed by atoms with Crippen molar-refractivity contribution in [2.75, 3.05) is 7.11 Å². The minimum Gasteiger partial charge on any atom is -0.302 e. The first-order chi connectivity index (χ1) is 5.02. The van der Waals surface area contributed by atoms with Gasteiger partial charge in [0.25, 0.3) is 0 Å². The van der Waals surface area contributed by atoms with Gasteiger partial charge in [0, 0.05) is 7.11 Å². The number of phosphoric ester groups is 1. The highest BCUT2D eigenvalue weighted by molar-refractivity contribution is 7.47. The SMILES string of the molecule is CCCC(C)OP(=O)(O)OC. The third-order valence-electron chi connectivity index (χ3n) is 1.24. The minimum atomic E-state index is -3.76. The molecule has 0 aliphatic rings. The van der Waals surface area contributed by atoms with Gasteiger partial charge in [-0.25, -0.2) is 4.57 Å². The number of rotatable bonds is 5. The first kappa shape index (κ1) is 11.1. The van der Waals surface area contributed by atoms with E-state index >= 15 is 0 Å². The molecular formula is C6H15O4P. The van der Waals surface area contributed by atoms with Crippen LogP contribution in [0.3, 0.4) is 0 Å². The van der Waals surface area contributed by atoms with Crippen molar-refractivity contribution in [1.82, 2.24) is 0 Å². The highest BCUT2D eigenvalue weighted by atomic mass is 31.2. The molecule has 0 aliphatic carbocycles. The Morgan fingerprint density at radius 1 is 1.64 bits per heavy atom. The van der Waals surface area contributed by atoms with Crippen LogP contribution in [0.25, 0.3) is 0 Å². The van der Waals surface area contributed by atoms with Gasteiger partial charge in [-0.15, -0.1) is 0 Å². The van der Waals surface area contributed by atoms with E-state index in [0.717, 1.165) is 20.0 Å². The summed E-state index contributed by atoms with van der Waals surface area (Å²) < 4.78 is 19.7. The maximum absolute atomic E-state index is 10.8. The first-order valence-corrected chi connectivity index (χ1v) is 5.08. The van der Waals surface area contributed by atoms with Crippen molar-refractivity contribution in [2.45, 2.75) is 32.8 Å². The molecule has 0 aliphatic heterocycles. The summed E-state index contributed by atoms with van der Waals surface area (Å²) in [5.74, 6) is 0. The monoisotopic (exact) mass is 182 g/mol. The molecule has 0 fully saturated rings. The van der Waals surface area contributed by atoms with Crippen LogP contribution in [0.15, 0.2) is 0 Å². The van der Waals surface area contributed by atoms with E-state index in [1.165, 1.54) is 0 Å². The predicted molar refractivity (Wildman–Crippen MR) is 42.3 cm³/mol. The second-order valence-electron chi connectivity index (χ2n) is 2.36. The summed E-state index contributed by atoms with van der Waals surface area (Å²) in [7, 11) is -2.61. The van der Waals surface area contributed by atoms with E-state index in [-0.39, 0.29) is 6.10 Å². The quantitative estimate of drug-likeness (QED) is 0.660. The Hall–Kier alpha value is 0.110. The fourth-order valence-corrected chi connectivity index (χ4v) is 1.38. The third kappa shape index (κ3) is 5.39. The molecule has 2 atom stereocenters. The molecule has 0 saturated heterocycles. The lowest BCUT2D eigenvalue weighted by molar-refractivity contribution is 0.123. The standard InChI is InChI=1S/C6H15O4P/c1-4-5-6(2)10-11(7,8)9-3/h6H,4-5H2,1-3H3,(H,7,8). The largest absolute Gasteiger partial charge is 0.472 e. The van der Waals surface area contributed by atoms with E-state index in [4.69, 9.17) is 9.42 Å². The van der Waals surface area contributed by atoms with E-state index < -0.39 is 7.82 Å². The molecule has 2 unspecified atom stereocenters. The van der Waals surface area contributed by atoms with Gasteiger partial charge in [0.15, 0.2) is 0 Å². The third-order valence-corrected chi connectivity index (χ3v) is 2.33. The van der Waals surface area contributed by atoms with Gasteiger partial charge in [0.05, 0.1) is 6.10 Å². The normalized spacial score (nSPS) is 19.3. The molecule has 0 aromatic rings. The lowest BCUT2D eigenvalue weighted by Crippen LogP contribution is -2.06. The van der Waals surface area contributed by atoms with Crippen LogP contribution in [0.4, 0.5) is 0 Å². The Kier molecular flexibility index (Phi) is 4.93. The molecule has 68 valence electrons. The minimum absolute atomic E-state index is 0.226. The number of phosphoric acid groups is 1. The Balaban J connectivity index is 3.74. The van der Waals surface area contributed by atoms with Crippen molar-refractivity contribution in [3.63, 3.8) is 0 Å². The smallest absolute Gasteiger partial charge is 0.302 e. The molecule has 0 aromatic carbocycles. The number of hydrogen-bond donors (Lipinski definition) is 1. The van der Waals surface area contributed by atoms with E-state index in [9.17, 15) is 4.57 Å². The zero-order chi connectivity index (χ0) is 8.91. The first-order valence-electron chi connectivity index (χ1n) is 3.58. The molecule has 4 nitrogen and oxygen atoms in total. The molecule has 0 heterocycles. The van der Waals surface area contributed by atoms with E-state index in [1.807, 2.05) is 6.92 Å². The van der Waals surface area contributed by atoms with Crippen molar-refractivity contribution < 1.29 is 18.5 Å². The van der Waals surface area contributed by atoms with Crippen LogP contribution >= 0.6 is 7.82 Å². The highest BCUT2D eigenvalue weighted by Crippen LogP contribution is 2.43. The molecule has 0 rings (SSSR count). The summed E-state index contributed by atoms with van der Waals surface area (Å²) in [6.45, 7) is 3.72. The van der Waals surface area contributed by atoms with Gasteiger partial charge < -0.3 is 4.89 Å². The van der Waals surface area contributed by atoms with Gasteiger partial charge in [-0.2, -0.15) is 0 Å². The maximum Gasteiger partial charge on any atom is 0.472 e. The van der Waals surface area contributed by atoms with Gasteiger partial charge in [0.1, 0.15) is 0 Å². The molecule has 11 heavy (non-hydrogen) atoms. The second-order valence-corrected chi connectivity index (χ2v) is 3.87.